The molecule has 2 heterocycles. The topological polar surface area (TPSA) is 64.4 Å². The lowest BCUT2D eigenvalue weighted by atomic mass is 10.0. The minimum absolute atomic E-state index is 0.245. The molecule has 0 bridgehead atoms. The van der Waals surface area contributed by atoms with Crippen LogP contribution in [0.1, 0.15) is 34.1 Å². The molecule has 1 aliphatic heterocycles. The van der Waals surface area contributed by atoms with Gasteiger partial charge in [0.25, 0.3) is 5.91 Å². The van der Waals surface area contributed by atoms with Gasteiger partial charge in [0.15, 0.2) is 6.10 Å². The van der Waals surface area contributed by atoms with Gasteiger partial charge >= 0.3 is 5.97 Å². The second-order valence-corrected chi connectivity index (χ2v) is 5.95. The summed E-state index contributed by atoms with van der Waals surface area (Å²) in [6.45, 7) is 1.71. The standard InChI is InChI=1S/C17H18FN3O3/c1-10-13(9-20(2)19-10)17(23)24-15-8-14(21(3)16(15)22)11-4-6-12(18)7-5-11/h4-7,9,14-15H,8H2,1-3H3/t14-,15-/m0/s1. The maximum Gasteiger partial charge on any atom is 0.342 e. The molecule has 0 aliphatic carbocycles. The summed E-state index contributed by atoms with van der Waals surface area (Å²) < 4.78 is 20.0. The number of aryl methyl sites for hydroxylation is 2. The van der Waals surface area contributed by atoms with E-state index in [1.807, 2.05) is 0 Å². The fourth-order valence-electron chi connectivity index (χ4n) is 2.98. The van der Waals surface area contributed by atoms with E-state index < -0.39 is 12.1 Å². The molecule has 2 atom stereocenters. The van der Waals surface area contributed by atoms with Crippen LogP contribution in [0.15, 0.2) is 30.5 Å². The van der Waals surface area contributed by atoms with Crippen molar-refractivity contribution in [1.82, 2.24) is 14.7 Å². The number of nitrogens with zero attached hydrogens (tertiary/aromatic N) is 3. The second-order valence-electron chi connectivity index (χ2n) is 5.95. The van der Waals surface area contributed by atoms with Gasteiger partial charge in [0.05, 0.1) is 11.7 Å². The smallest absolute Gasteiger partial charge is 0.342 e. The van der Waals surface area contributed by atoms with E-state index in [0.717, 1.165) is 5.56 Å². The molecule has 0 radical (unpaired) electrons. The van der Waals surface area contributed by atoms with Crippen molar-refractivity contribution in [3.8, 4) is 0 Å². The van der Waals surface area contributed by atoms with Crippen LogP contribution >= 0.6 is 0 Å². The molecule has 1 amide bonds. The van der Waals surface area contributed by atoms with Crippen LogP contribution < -0.4 is 0 Å². The van der Waals surface area contributed by atoms with Crippen molar-refractivity contribution in [3.05, 3.63) is 53.1 Å². The number of hydrogen-bond acceptors (Lipinski definition) is 4. The number of halogens is 1. The highest BCUT2D eigenvalue weighted by Gasteiger charge is 2.40. The van der Waals surface area contributed by atoms with Gasteiger partial charge in [-0.25, -0.2) is 9.18 Å². The van der Waals surface area contributed by atoms with Gasteiger partial charge in [0.2, 0.25) is 0 Å². The highest BCUT2D eigenvalue weighted by atomic mass is 19.1. The quantitative estimate of drug-likeness (QED) is 0.807. The normalized spacial score (nSPS) is 20.5. The predicted octanol–water partition coefficient (Wildman–Crippen LogP) is 2.00. The van der Waals surface area contributed by atoms with Crippen molar-refractivity contribution < 1.29 is 18.7 Å². The van der Waals surface area contributed by atoms with Gasteiger partial charge in [-0.15, -0.1) is 0 Å². The molecule has 1 aromatic heterocycles. The summed E-state index contributed by atoms with van der Waals surface area (Å²) in [6, 6.07) is 5.74. The molecule has 0 N–H and O–H groups in total. The van der Waals surface area contributed by atoms with E-state index in [1.165, 1.54) is 21.7 Å². The fourth-order valence-corrected chi connectivity index (χ4v) is 2.98. The first-order chi connectivity index (χ1) is 11.4. The van der Waals surface area contributed by atoms with Crippen LogP contribution in [0.3, 0.4) is 0 Å². The molecule has 1 aliphatic rings. The third-order valence-corrected chi connectivity index (χ3v) is 4.27. The van der Waals surface area contributed by atoms with Crippen LogP contribution in [0.5, 0.6) is 0 Å². The zero-order valence-electron chi connectivity index (χ0n) is 13.7. The molecule has 6 nitrogen and oxygen atoms in total. The summed E-state index contributed by atoms with van der Waals surface area (Å²) in [5.41, 5.74) is 1.71. The van der Waals surface area contributed by atoms with Gasteiger partial charge in [-0.3, -0.25) is 9.48 Å². The number of hydrogen-bond donors (Lipinski definition) is 0. The predicted molar refractivity (Wildman–Crippen MR) is 83.7 cm³/mol. The Morgan fingerprint density at radius 2 is 1.96 bits per heavy atom. The zero-order chi connectivity index (χ0) is 17.4. The Labute approximate surface area is 138 Å². The number of amides is 1. The molecular weight excluding hydrogens is 313 g/mol. The number of rotatable bonds is 3. The van der Waals surface area contributed by atoms with Crippen molar-refractivity contribution >= 4 is 11.9 Å². The Morgan fingerprint density at radius 1 is 1.29 bits per heavy atom. The lowest BCUT2D eigenvalue weighted by Crippen LogP contribution is -2.30. The Balaban J connectivity index is 1.75. The Hall–Kier alpha value is -2.70. The van der Waals surface area contributed by atoms with Crippen molar-refractivity contribution in [2.24, 2.45) is 7.05 Å². The number of aromatic nitrogens is 2. The maximum absolute atomic E-state index is 13.1. The van der Waals surface area contributed by atoms with Crippen LogP contribution in [-0.4, -0.2) is 39.7 Å². The van der Waals surface area contributed by atoms with Crippen LogP contribution in [0.2, 0.25) is 0 Å². The molecule has 0 unspecified atom stereocenters. The summed E-state index contributed by atoms with van der Waals surface area (Å²) in [5.74, 6) is -1.16. The molecule has 0 spiro atoms. The number of likely N-dealkylation sites (N-methyl/N-ethyl adjacent to an activating group) is 1. The van der Waals surface area contributed by atoms with Gasteiger partial charge in [0.1, 0.15) is 11.4 Å². The van der Waals surface area contributed by atoms with E-state index in [4.69, 9.17) is 4.74 Å². The van der Waals surface area contributed by atoms with E-state index in [1.54, 1.807) is 39.3 Å². The van der Waals surface area contributed by atoms with E-state index in [-0.39, 0.29) is 17.8 Å². The minimum Gasteiger partial charge on any atom is -0.448 e. The Bertz CT molecular complexity index is 785. The zero-order valence-corrected chi connectivity index (χ0v) is 13.7. The van der Waals surface area contributed by atoms with E-state index in [9.17, 15) is 14.0 Å². The number of likely N-dealkylation sites (tertiary alicyclic amines) is 1. The number of carbonyl (C=O) groups excluding carboxylic acids is 2. The first-order valence-electron chi connectivity index (χ1n) is 7.60. The highest BCUT2D eigenvalue weighted by Crippen LogP contribution is 2.33. The van der Waals surface area contributed by atoms with Crippen molar-refractivity contribution in [1.29, 1.82) is 0 Å². The molecule has 2 aromatic rings. The third kappa shape index (κ3) is 2.89. The molecule has 126 valence electrons. The summed E-state index contributed by atoms with van der Waals surface area (Å²) in [4.78, 5) is 26.2. The van der Waals surface area contributed by atoms with Gasteiger partial charge in [-0.2, -0.15) is 5.10 Å². The monoisotopic (exact) mass is 331 g/mol. The van der Waals surface area contributed by atoms with Crippen LogP contribution in [0.25, 0.3) is 0 Å². The van der Waals surface area contributed by atoms with Crippen molar-refractivity contribution in [2.75, 3.05) is 7.05 Å². The Morgan fingerprint density at radius 3 is 2.54 bits per heavy atom. The fraction of sp³-hybridized carbons (Fsp3) is 0.353. The summed E-state index contributed by atoms with van der Waals surface area (Å²) in [6.07, 6.45) is 1.06. The lowest BCUT2D eigenvalue weighted by Gasteiger charge is -2.19. The second kappa shape index (κ2) is 6.07. The van der Waals surface area contributed by atoms with E-state index in [0.29, 0.717) is 17.7 Å². The molecular formula is C17H18FN3O3. The number of benzene rings is 1. The molecule has 1 saturated heterocycles. The molecule has 24 heavy (non-hydrogen) atoms. The SMILES string of the molecule is Cc1nn(C)cc1C(=O)O[C@H]1C[C@@H](c2ccc(F)cc2)N(C)C1=O. The third-order valence-electron chi connectivity index (χ3n) is 4.27. The van der Waals surface area contributed by atoms with Crippen LogP contribution in [0, 0.1) is 12.7 Å². The summed E-state index contributed by atoms with van der Waals surface area (Å²) >= 11 is 0. The number of esters is 1. The van der Waals surface area contributed by atoms with Crippen molar-refractivity contribution in [3.63, 3.8) is 0 Å². The minimum atomic E-state index is -0.850. The highest BCUT2D eigenvalue weighted by molar-refractivity contribution is 5.93. The first kappa shape index (κ1) is 16.2. The average molecular weight is 331 g/mol. The number of ether oxygens (including phenoxy) is 1. The van der Waals surface area contributed by atoms with Gasteiger partial charge in [-0.1, -0.05) is 12.1 Å². The molecule has 3 rings (SSSR count). The van der Waals surface area contributed by atoms with Gasteiger partial charge in [0, 0.05) is 26.7 Å². The maximum atomic E-state index is 13.1. The molecule has 1 aromatic carbocycles. The van der Waals surface area contributed by atoms with Gasteiger partial charge < -0.3 is 9.64 Å². The first-order valence-corrected chi connectivity index (χ1v) is 7.60. The lowest BCUT2D eigenvalue weighted by molar-refractivity contribution is -0.134. The average Bonchev–Trinajstić information content (AvgIpc) is 3.02. The largest absolute Gasteiger partial charge is 0.448 e. The molecule has 7 heteroatoms. The van der Waals surface area contributed by atoms with Crippen LogP contribution in [-0.2, 0) is 16.6 Å². The number of carbonyl (C=O) groups is 2. The molecule has 1 fully saturated rings. The van der Waals surface area contributed by atoms with Crippen molar-refractivity contribution in [2.45, 2.75) is 25.5 Å². The summed E-state index contributed by atoms with van der Waals surface area (Å²) in [5, 5.41) is 4.10. The van der Waals surface area contributed by atoms with Gasteiger partial charge in [-0.05, 0) is 24.6 Å². The summed E-state index contributed by atoms with van der Waals surface area (Å²) in [7, 11) is 3.36. The van der Waals surface area contributed by atoms with E-state index in [2.05, 4.69) is 5.10 Å². The Kier molecular flexibility index (Phi) is 4.09. The molecule has 0 saturated carbocycles. The van der Waals surface area contributed by atoms with E-state index >= 15 is 0 Å². The van der Waals surface area contributed by atoms with Crippen LogP contribution in [0.4, 0.5) is 4.39 Å².